The minimum absolute atomic E-state index is 0.0334. The van der Waals surface area contributed by atoms with Crippen LogP contribution in [0.4, 0.5) is 4.39 Å². The van der Waals surface area contributed by atoms with Gasteiger partial charge in [-0.15, -0.1) is 0 Å². The van der Waals surface area contributed by atoms with Crippen molar-refractivity contribution in [1.82, 2.24) is 10.2 Å². The molecule has 1 aliphatic carbocycles. The third-order valence-electron chi connectivity index (χ3n) is 5.42. The van der Waals surface area contributed by atoms with Crippen molar-refractivity contribution < 1.29 is 18.4 Å². The Bertz CT molecular complexity index is 838. The summed E-state index contributed by atoms with van der Waals surface area (Å²) in [5.41, 5.74) is 1.31. The van der Waals surface area contributed by atoms with Crippen LogP contribution < -0.4 is 5.32 Å². The van der Waals surface area contributed by atoms with Crippen LogP contribution in [-0.4, -0.2) is 29.3 Å². The molecule has 1 aromatic carbocycles. The molecule has 0 atom stereocenters. The van der Waals surface area contributed by atoms with Gasteiger partial charge in [-0.2, -0.15) is 0 Å². The van der Waals surface area contributed by atoms with Gasteiger partial charge in [-0.25, -0.2) is 4.39 Å². The van der Waals surface area contributed by atoms with Gasteiger partial charge in [0.15, 0.2) is 0 Å². The number of rotatable bonds is 7. The zero-order valence-corrected chi connectivity index (χ0v) is 17.2. The Morgan fingerprint density at radius 3 is 2.45 bits per heavy atom. The number of hydrogen-bond acceptors (Lipinski definition) is 3. The highest BCUT2D eigenvalue weighted by atomic mass is 19.1. The number of benzene rings is 1. The second kappa shape index (κ2) is 9.72. The maximum Gasteiger partial charge on any atom is 0.257 e. The molecule has 2 amide bonds. The van der Waals surface area contributed by atoms with Gasteiger partial charge in [0.2, 0.25) is 5.91 Å². The van der Waals surface area contributed by atoms with Gasteiger partial charge < -0.3 is 14.6 Å². The van der Waals surface area contributed by atoms with Gasteiger partial charge in [0, 0.05) is 25.6 Å². The highest BCUT2D eigenvalue weighted by Gasteiger charge is 2.22. The van der Waals surface area contributed by atoms with Crippen molar-refractivity contribution in [3.8, 4) is 0 Å². The highest BCUT2D eigenvalue weighted by Crippen LogP contribution is 2.19. The standard InChI is InChI=1S/C23H29FN2O3/c1-16-14-21(17(2)29-16)23(28)26(15-18-8-10-19(24)11-9-18)13-12-22(27)25-20-6-4-3-5-7-20/h8-11,14,20H,3-7,12-13,15H2,1-2H3,(H,25,27). The number of hydrogen-bond donors (Lipinski definition) is 1. The molecule has 0 saturated heterocycles. The van der Waals surface area contributed by atoms with E-state index in [1.54, 1.807) is 36.9 Å². The molecular formula is C23H29FN2O3. The molecule has 0 aliphatic heterocycles. The van der Waals surface area contributed by atoms with Crippen molar-refractivity contribution in [2.75, 3.05) is 6.54 Å². The Kier molecular flexibility index (Phi) is 7.07. The first-order valence-electron chi connectivity index (χ1n) is 10.3. The molecule has 1 saturated carbocycles. The van der Waals surface area contributed by atoms with Crippen LogP contribution in [0.1, 0.15) is 66.0 Å². The fourth-order valence-corrected chi connectivity index (χ4v) is 3.86. The first kappa shape index (κ1) is 21.1. The third-order valence-corrected chi connectivity index (χ3v) is 5.42. The zero-order valence-electron chi connectivity index (χ0n) is 17.2. The molecule has 1 heterocycles. The van der Waals surface area contributed by atoms with E-state index in [-0.39, 0.29) is 30.1 Å². The number of amides is 2. The summed E-state index contributed by atoms with van der Waals surface area (Å²) in [6.45, 7) is 4.15. The van der Waals surface area contributed by atoms with Gasteiger partial charge >= 0.3 is 0 Å². The van der Waals surface area contributed by atoms with Gasteiger partial charge in [-0.1, -0.05) is 31.4 Å². The lowest BCUT2D eigenvalue weighted by molar-refractivity contribution is -0.122. The van der Waals surface area contributed by atoms with Gasteiger partial charge in [0.25, 0.3) is 5.91 Å². The van der Waals surface area contributed by atoms with E-state index in [1.807, 2.05) is 0 Å². The van der Waals surface area contributed by atoms with Crippen molar-refractivity contribution in [2.24, 2.45) is 0 Å². The van der Waals surface area contributed by atoms with Crippen molar-refractivity contribution in [3.63, 3.8) is 0 Å². The molecule has 0 spiro atoms. The Morgan fingerprint density at radius 1 is 1.14 bits per heavy atom. The van der Waals surface area contributed by atoms with E-state index in [1.165, 1.54) is 18.6 Å². The van der Waals surface area contributed by atoms with E-state index in [9.17, 15) is 14.0 Å². The number of furan rings is 1. The molecule has 29 heavy (non-hydrogen) atoms. The number of aryl methyl sites for hydroxylation is 2. The average molecular weight is 400 g/mol. The number of nitrogens with zero attached hydrogens (tertiary/aromatic N) is 1. The van der Waals surface area contributed by atoms with Crippen molar-refractivity contribution in [2.45, 2.75) is 65.0 Å². The Labute approximate surface area is 171 Å². The van der Waals surface area contributed by atoms with Crippen LogP contribution >= 0.6 is 0 Å². The minimum atomic E-state index is -0.320. The summed E-state index contributed by atoms with van der Waals surface area (Å²) >= 11 is 0. The van der Waals surface area contributed by atoms with Gasteiger partial charge in [0.05, 0.1) is 5.56 Å². The molecule has 0 bridgehead atoms. The number of halogens is 1. The second-order valence-corrected chi connectivity index (χ2v) is 7.83. The number of nitrogens with one attached hydrogen (secondary N) is 1. The van der Waals surface area contributed by atoms with E-state index in [4.69, 9.17) is 4.42 Å². The van der Waals surface area contributed by atoms with Crippen molar-refractivity contribution in [3.05, 3.63) is 58.8 Å². The lowest BCUT2D eigenvalue weighted by Gasteiger charge is -2.25. The summed E-state index contributed by atoms with van der Waals surface area (Å²) in [7, 11) is 0. The average Bonchev–Trinajstić information content (AvgIpc) is 3.05. The van der Waals surface area contributed by atoms with Crippen LogP contribution in [0.2, 0.25) is 0 Å². The molecule has 0 radical (unpaired) electrons. The van der Waals surface area contributed by atoms with Crippen LogP contribution in [-0.2, 0) is 11.3 Å². The molecule has 5 nitrogen and oxygen atoms in total. The molecule has 1 N–H and O–H groups in total. The monoisotopic (exact) mass is 400 g/mol. The molecule has 3 rings (SSSR count). The predicted octanol–water partition coefficient (Wildman–Crippen LogP) is 4.52. The molecular weight excluding hydrogens is 371 g/mol. The Hall–Kier alpha value is -2.63. The van der Waals surface area contributed by atoms with E-state index < -0.39 is 0 Å². The summed E-state index contributed by atoms with van der Waals surface area (Å²) in [4.78, 5) is 27.2. The molecule has 6 heteroatoms. The fraction of sp³-hybridized carbons (Fsp3) is 0.478. The molecule has 1 aliphatic rings. The highest BCUT2D eigenvalue weighted by molar-refractivity contribution is 5.95. The number of carbonyl (C=O) groups is 2. The zero-order chi connectivity index (χ0) is 20.8. The van der Waals surface area contributed by atoms with Gasteiger partial charge in [-0.3, -0.25) is 9.59 Å². The summed E-state index contributed by atoms with van der Waals surface area (Å²) in [5.74, 6) is 0.689. The predicted molar refractivity (Wildman–Crippen MR) is 109 cm³/mol. The largest absolute Gasteiger partial charge is 0.466 e. The normalized spacial score (nSPS) is 14.6. The minimum Gasteiger partial charge on any atom is -0.466 e. The van der Waals surface area contributed by atoms with Crippen molar-refractivity contribution >= 4 is 11.8 Å². The van der Waals surface area contributed by atoms with Gasteiger partial charge in [-0.05, 0) is 50.5 Å². The number of carbonyl (C=O) groups excluding carboxylic acids is 2. The quantitative estimate of drug-likeness (QED) is 0.743. The van der Waals surface area contributed by atoms with Crippen LogP contribution in [0.15, 0.2) is 34.7 Å². The Morgan fingerprint density at radius 2 is 1.83 bits per heavy atom. The van der Waals surface area contributed by atoms with Crippen LogP contribution in [0.5, 0.6) is 0 Å². The van der Waals surface area contributed by atoms with Crippen LogP contribution in [0.25, 0.3) is 0 Å². The first-order valence-corrected chi connectivity index (χ1v) is 10.3. The van der Waals surface area contributed by atoms with Crippen molar-refractivity contribution in [1.29, 1.82) is 0 Å². The smallest absolute Gasteiger partial charge is 0.257 e. The lowest BCUT2D eigenvalue weighted by Crippen LogP contribution is -2.39. The first-order chi connectivity index (χ1) is 13.9. The maximum atomic E-state index is 13.2. The van der Waals surface area contributed by atoms with Gasteiger partial charge in [0.1, 0.15) is 17.3 Å². The summed E-state index contributed by atoms with van der Waals surface area (Å²) in [5, 5.41) is 3.09. The topological polar surface area (TPSA) is 62.6 Å². The van der Waals surface area contributed by atoms with E-state index in [2.05, 4.69) is 5.32 Å². The molecule has 156 valence electrons. The maximum absolute atomic E-state index is 13.2. The lowest BCUT2D eigenvalue weighted by atomic mass is 9.95. The summed E-state index contributed by atoms with van der Waals surface area (Å²) in [6.07, 6.45) is 5.82. The SMILES string of the molecule is Cc1cc(C(=O)N(CCC(=O)NC2CCCCC2)Cc2ccc(F)cc2)c(C)o1. The third kappa shape index (κ3) is 5.92. The van der Waals surface area contributed by atoms with Crippen LogP contribution in [0, 0.1) is 19.7 Å². The van der Waals surface area contributed by atoms with E-state index >= 15 is 0 Å². The molecule has 2 aromatic rings. The summed E-state index contributed by atoms with van der Waals surface area (Å²) < 4.78 is 18.7. The second-order valence-electron chi connectivity index (χ2n) is 7.83. The Balaban J connectivity index is 1.67. The molecule has 1 aromatic heterocycles. The van der Waals surface area contributed by atoms with E-state index in [0.717, 1.165) is 31.2 Å². The van der Waals surface area contributed by atoms with E-state index in [0.29, 0.717) is 30.2 Å². The molecule has 1 fully saturated rings. The molecule has 0 unspecified atom stereocenters. The fourth-order valence-electron chi connectivity index (χ4n) is 3.86. The summed E-state index contributed by atoms with van der Waals surface area (Å²) in [6, 6.07) is 8.03. The van der Waals surface area contributed by atoms with Crippen LogP contribution in [0.3, 0.4) is 0 Å².